The first-order chi connectivity index (χ1) is 16.6. The Hall–Kier alpha value is -2.29. The van der Waals surface area contributed by atoms with Gasteiger partial charge in [-0.3, -0.25) is 0 Å². The van der Waals surface area contributed by atoms with Crippen molar-refractivity contribution >= 4 is 50.5 Å². The van der Waals surface area contributed by atoms with Crippen LogP contribution in [0.15, 0.2) is 64.6 Å². The summed E-state index contributed by atoms with van der Waals surface area (Å²) in [5.41, 5.74) is 6.48. The number of nitrogens with one attached hydrogen (secondary N) is 2. The number of benzene rings is 3. The van der Waals surface area contributed by atoms with Crippen LogP contribution >= 0.6 is 34.8 Å². The number of ether oxygens (including phenoxy) is 1. The maximum Gasteiger partial charge on any atom is 0.241 e. The van der Waals surface area contributed by atoms with E-state index in [0.717, 1.165) is 11.3 Å². The highest BCUT2D eigenvalue weighted by Crippen LogP contribution is 2.34. The molecule has 0 bridgehead atoms. The molecule has 2 atom stereocenters. The van der Waals surface area contributed by atoms with Gasteiger partial charge in [0.25, 0.3) is 0 Å². The highest BCUT2D eigenvalue weighted by molar-refractivity contribution is 7.89. The summed E-state index contributed by atoms with van der Waals surface area (Å²) >= 11 is 18.8. The Labute approximate surface area is 220 Å². The number of sulfonamides is 1. The number of nitrogens with zero attached hydrogens (tertiary/aromatic N) is 1. The Kier molecular flexibility index (Phi) is 7.64. The van der Waals surface area contributed by atoms with Crippen molar-refractivity contribution in [2.75, 3.05) is 7.11 Å². The minimum Gasteiger partial charge on any atom is -0.497 e. The molecule has 6 nitrogen and oxygen atoms in total. The molecule has 0 amide bonds. The van der Waals surface area contributed by atoms with Crippen molar-refractivity contribution in [2.45, 2.75) is 37.2 Å². The molecule has 2 unspecified atom stereocenters. The summed E-state index contributed by atoms with van der Waals surface area (Å²) in [6, 6.07) is 14.9. The predicted octanol–water partition coefficient (Wildman–Crippen LogP) is 6.38. The van der Waals surface area contributed by atoms with E-state index >= 15 is 0 Å². The number of aryl methyl sites for hydroxylation is 2. The molecule has 35 heavy (non-hydrogen) atoms. The van der Waals surface area contributed by atoms with Crippen molar-refractivity contribution in [3.8, 4) is 5.75 Å². The van der Waals surface area contributed by atoms with Gasteiger partial charge < -0.3 is 10.2 Å². The van der Waals surface area contributed by atoms with Gasteiger partial charge in [0.15, 0.2) is 0 Å². The molecule has 0 radical (unpaired) electrons. The maximum atomic E-state index is 13.5. The van der Waals surface area contributed by atoms with Crippen LogP contribution in [-0.4, -0.2) is 21.2 Å². The Morgan fingerprint density at radius 1 is 1.00 bits per heavy atom. The third kappa shape index (κ3) is 5.60. The average molecular weight is 553 g/mol. The van der Waals surface area contributed by atoms with Crippen LogP contribution in [0.5, 0.6) is 5.75 Å². The van der Waals surface area contributed by atoms with Crippen LogP contribution in [0, 0.1) is 13.8 Å². The second kappa shape index (κ2) is 10.4. The molecule has 1 aliphatic heterocycles. The van der Waals surface area contributed by atoms with E-state index in [1.165, 1.54) is 0 Å². The summed E-state index contributed by atoms with van der Waals surface area (Å²) in [5.74, 6) is 0.750. The van der Waals surface area contributed by atoms with E-state index in [9.17, 15) is 8.42 Å². The summed E-state index contributed by atoms with van der Waals surface area (Å²) in [6.45, 7) is 3.47. The third-order valence-electron chi connectivity index (χ3n) is 5.92. The number of methoxy groups -OCH3 is 1. The first-order valence-corrected chi connectivity index (χ1v) is 13.4. The highest BCUT2D eigenvalue weighted by atomic mass is 35.5. The van der Waals surface area contributed by atoms with E-state index in [1.54, 1.807) is 51.3 Å². The van der Waals surface area contributed by atoms with Gasteiger partial charge in [-0.25, -0.2) is 8.42 Å². The van der Waals surface area contributed by atoms with Gasteiger partial charge in [0, 0.05) is 21.5 Å². The van der Waals surface area contributed by atoms with E-state index in [1.807, 2.05) is 24.3 Å². The van der Waals surface area contributed by atoms with Crippen LogP contribution in [0.25, 0.3) is 0 Å². The minimum atomic E-state index is -3.96. The van der Waals surface area contributed by atoms with Crippen molar-refractivity contribution < 1.29 is 13.2 Å². The Bertz CT molecular complexity index is 1390. The molecule has 0 fully saturated rings. The molecule has 184 valence electrons. The van der Waals surface area contributed by atoms with Crippen LogP contribution in [0.4, 0.5) is 0 Å². The fourth-order valence-electron chi connectivity index (χ4n) is 3.98. The first-order valence-electron chi connectivity index (χ1n) is 10.8. The van der Waals surface area contributed by atoms with Crippen molar-refractivity contribution in [1.82, 2.24) is 10.1 Å². The van der Waals surface area contributed by atoms with Crippen molar-refractivity contribution in [2.24, 2.45) is 5.10 Å². The summed E-state index contributed by atoms with van der Waals surface area (Å²) in [5, 5.41) is 5.80. The molecular formula is C25H24Cl3N3O3S. The molecule has 0 spiro atoms. The standard InChI is InChI=1S/C25H24Cl3N3O3S/c1-14-11-24(15(2)10-20(14)27)35(32,33)31-25(19-9-6-17(26)12-21(19)28)23-13-22(29-30-23)16-4-7-18(34-3)8-5-16/h4-12,22,25,29,31H,13H2,1-3H3. The lowest BCUT2D eigenvalue weighted by Gasteiger charge is -2.22. The first kappa shape index (κ1) is 25.8. The molecule has 2 N–H and O–H groups in total. The second-order valence-electron chi connectivity index (χ2n) is 8.35. The van der Waals surface area contributed by atoms with E-state index in [4.69, 9.17) is 39.5 Å². The highest BCUT2D eigenvalue weighted by Gasteiger charge is 2.33. The lowest BCUT2D eigenvalue weighted by atomic mass is 9.96. The fourth-order valence-corrected chi connectivity index (χ4v) is 6.23. The fraction of sp³-hybridized carbons (Fsp3) is 0.240. The summed E-state index contributed by atoms with van der Waals surface area (Å²) < 4.78 is 35.1. The van der Waals surface area contributed by atoms with E-state index in [2.05, 4.69) is 15.2 Å². The Morgan fingerprint density at radius 2 is 1.71 bits per heavy atom. The van der Waals surface area contributed by atoms with Crippen LogP contribution in [-0.2, 0) is 10.0 Å². The van der Waals surface area contributed by atoms with Gasteiger partial charge in [-0.15, -0.1) is 0 Å². The van der Waals surface area contributed by atoms with Crippen LogP contribution in [0.3, 0.4) is 0 Å². The molecule has 4 rings (SSSR count). The molecule has 0 saturated heterocycles. The quantitative estimate of drug-likeness (QED) is 0.356. The zero-order chi connectivity index (χ0) is 25.3. The number of hydrogen-bond donors (Lipinski definition) is 2. The van der Waals surface area contributed by atoms with Gasteiger partial charge in [-0.1, -0.05) is 53.0 Å². The number of halogens is 3. The topological polar surface area (TPSA) is 79.8 Å². The smallest absolute Gasteiger partial charge is 0.241 e. The van der Waals surface area contributed by atoms with Crippen molar-refractivity contribution in [1.29, 1.82) is 0 Å². The van der Waals surface area contributed by atoms with Gasteiger partial charge >= 0.3 is 0 Å². The predicted molar refractivity (Wildman–Crippen MR) is 141 cm³/mol. The van der Waals surface area contributed by atoms with E-state index < -0.39 is 16.1 Å². The molecule has 0 aliphatic carbocycles. The van der Waals surface area contributed by atoms with E-state index in [-0.39, 0.29) is 10.9 Å². The maximum absolute atomic E-state index is 13.5. The van der Waals surface area contributed by atoms with Crippen LogP contribution < -0.4 is 14.9 Å². The van der Waals surface area contributed by atoms with Crippen molar-refractivity contribution in [3.63, 3.8) is 0 Å². The minimum absolute atomic E-state index is 0.131. The van der Waals surface area contributed by atoms with Gasteiger partial charge in [-0.05, 0) is 72.5 Å². The Balaban J connectivity index is 1.69. The van der Waals surface area contributed by atoms with Gasteiger partial charge in [0.05, 0.1) is 29.8 Å². The summed E-state index contributed by atoms with van der Waals surface area (Å²) in [4.78, 5) is 0.146. The van der Waals surface area contributed by atoms with Gasteiger partial charge in [-0.2, -0.15) is 9.82 Å². The molecule has 0 saturated carbocycles. The molecule has 0 aromatic heterocycles. The molecule has 1 heterocycles. The van der Waals surface area contributed by atoms with Crippen molar-refractivity contribution in [3.05, 3.63) is 91.9 Å². The van der Waals surface area contributed by atoms with E-state index in [0.29, 0.717) is 43.9 Å². The molecule has 3 aromatic carbocycles. The number of hydrazone groups is 1. The lowest BCUT2D eigenvalue weighted by Crippen LogP contribution is -2.34. The molecule has 1 aliphatic rings. The monoisotopic (exact) mass is 551 g/mol. The van der Waals surface area contributed by atoms with Gasteiger partial charge in [0.1, 0.15) is 5.75 Å². The third-order valence-corrected chi connectivity index (χ3v) is 8.46. The molecular weight excluding hydrogens is 529 g/mol. The summed E-state index contributed by atoms with van der Waals surface area (Å²) in [6.07, 6.45) is 0.469. The SMILES string of the molecule is COc1ccc(C2CC(C(NS(=O)(=O)c3cc(C)c(Cl)cc3C)c3ccc(Cl)cc3Cl)=NN2)cc1. The second-order valence-corrected chi connectivity index (χ2v) is 11.3. The van der Waals surface area contributed by atoms with Crippen LogP contribution in [0.2, 0.25) is 15.1 Å². The molecule has 3 aromatic rings. The zero-order valence-corrected chi connectivity index (χ0v) is 22.4. The molecule has 10 heteroatoms. The average Bonchev–Trinajstić information content (AvgIpc) is 3.30. The zero-order valence-electron chi connectivity index (χ0n) is 19.3. The lowest BCUT2D eigenvalue weighted by molar-refractivity contribution is 0.414. The largest absolute Gasteiger partial charge is 0.497 e. The number of hydrogen-bond acceptors (Lipinski definition) is 5. The number of rotatable bonds is 7. The summed E-state index contributed by atoms with van der Waals surface area (Å²) in [7, 11) is -2.35. The Morgan fingerprint density at radius 3 is 2.37 bits per heavy atom. The van der Waals surface area contributed by atoms with Gasteiger partial charge in [0.2, 0.25) is 10.0 Å². The van der Waals surface area contributed by atoms with Crippen LogP contribution in [0.1, 0.15) is 40.8 Å². The normalized spacial score (nSPS) is 16.5.